The Morgan fingerprint density at radius 2 is 2.19 bits per heavy atom. The highest BCUT2D eigenvalue weighted by atomic mass is 32.2. The van der Waals surface area contributed by atoms with Gasteiger partial charge in [0.15, 0.2) is 0 Å². The van der Waals surface area contributed by atoms with Gasteiger partial charge in [-0.05, 0) is 19.1 Å². The average molecular weight is 309 g/mol. The van der Waals surface area contributed by atoms with E-state index in [1.165, 1.54) is 13.1 Å². The number of carbonyl (C=O) groups is 1. The van der Waals surface area contributed by atoms with Gasteiger partial charge in [-0.2, -0.15) is 11.8 Å². The first-order valence-electron chi connectivity index (χ1n) is 6.84. The van der Waals surface area contributed by atoms with Crippen LogP contribution in [0.1, 0.15) is 24.2 Å². The highest BCUT2D eigenvalue weighted by Gasteiger charge is 2.30. The molecule has 0 bridgehead atoms. The zero-order chi connectivity index (χ0) is 15.6. The van der Waals surface area contributed by atoms with E-state index in [9.17, 15) is 14.9 Å². The maximum Gasteiger partial charge on any atom is 0.293 e. The molecule has 1 fully saturated rings. The Labute approximate surface area is 128 Å². The predicted octanol–water partition coefficient (Wildman–Crippen LogP) is 2.28. The monoisotopic (exact) mass is 309 g/mol. The van der Waals surface area contributed by atoms with Crippen LogP contribution < -0.4 is 10.2 Å². The molecule has 1 aliphatic heterocycles. The summed E-state index contributed by atoms with van der Waals surface area (Å²) in [5, 5.41) is 14.3. The van der Waals surface area contributed by atoms with Gasteiger partial charge in [0.2, 0.25) is 0 Å². The van der Waals surface area contributed by atoms with Crippen LogP contribution in [0.25, 0.3) is 0 Å². The lowest BCUT2D eigenvalue weighted by molar-refractivity contribution is -0.384. The fourth-order valence-corrected chi connectivity index (χ4v) is 3.57. The Morgan fingerprint density at radius 1 is 1.48 bits per heavy atom. The van der Waals surface area contributed by atoms with E-state index in [2.05, 4.69) is 24.1 Å². The van der Waals surface area contributed by atoms with E-state index < -0.39 is 4.92 Å². The van der Waals surface area contributed by atoms with Crippen LogP contribution in [0.5, 0.6) is 0 Å². The van der Waals surface area contributed by atoms with Gasteiger partial charge >= 0.3 is 0 Å². The lowest BCUT2D eigenvalue weighted by Crippen LogP contribution is -2.45. The van der Waals surface area contributed by atoms with Gasteiger partial charge < -0.3 is 10.2 Å². The fraction of sp³-hybridized carbons (Fsp3) is 0.500. The number of rotatable bonds is 3. The first-order valence-corrected chi connectivity index (χ1v) is 7.89. The lowest BCUT2D eigenvalue weighted by atomic mass is 10.1. The van der Waals surface area contributed by atoms with Gasteiger partial charge in [-0.25, -0.2) is 0 Å². The van der Waals surface area contributed by atoms with E-state index >= 15 is 0 Å². The number of carbonyl (C=O) groups excluding carboxylic acids is 1. The van der Waals surface area contributed by atoms with Gasteiger partial charge in [-0.3, -0.25) is 14.9 Å². The summed E-state index contributed by atoms with van der Waals surface area (Å²) in [5.41, 5.74) is 0.884. The van der Waals surface area contributed by atoms with Crippen LogP contribution in [-0.2, 0) is 0 Å². The molecule has 1 heterocycles. The van der Waals surface area contributed by atoms with Crippen molar-refractivity contribution in [2.75, 3.05) is 24.2 Å². The number of nitrogens with zero attached hydrogens (tertiary/aromatic N) is 2. The summed E-state index contributed by atoms with van der Waals surface area (Å²) >= 11 is 1.87. The Balaban J connectivity index is 2.43. The van der Waals surface area contributed by atoms with Crippen molar-refractivity contribution >= 4 is 29.0 Å². The van der Waals surface area contributed by atoms with E-state index in [4.69, 9.17) is 0 Å². The predicted molar refractivity (Wildman–Crippen MR) is 85.2 cm³/mol. The van der Waals surface area contributed by atoms with Gasteiger partial charge in [-0.1, -0.05) is 6.92 Å². The molecule has 0 saturated carbocycles. The molecule has 2 atom stereocenters. The van der Waals surface area contributed by atoms with Crippen molar-refractivity contribution in [2.24, 2.45) is 0 Å². The molecule has 0 spiro atoms. The molecule has 7 heteroatoms. The van der Waals surface area contributed by atoms with Gasteiger partial charge in [-0.15, -0.1) is 0 Å². The first kappa shape index (κ1) is 15.6. The molecule has 21 heavy (non-hydrogen) atoms. The molecule has 1 aromatic carbocycles. The average Bonchev–Trinajstić information content (AvgIpc) is 2.48. The number of anilines is 1. The number of hydrogen-bond acceptors (Lipinski definition) is 5. The first-order chi connectivity index (χ1) is 9.95. The van der Waals surface area contributed by atoms with Crippen molar-refractivity contribution in [1.82, 2.24) is 5.32 Å². The number of nitrogens with one attached hydrogen (secondary N) is 1. The van der Waals surface area contributed by atoms with Crippen LogP contribution in [0.4, 0.5) is 11.4 Å². The minimum Gasteiger partial charge on any atom is -0.361 e. The molecular weight excluding hydrogens is 290 g/mol. The molecule has 1 saturated heterocycles. The maximum atomic E-state index is 11.6. The molecule has 0 aromatic heterocycles. The second-order valence-corrected chi connectivity index (χ2v) is 6.53. The van der Waals surface area contributed by atoms with E-state index in [1.807, 2.05) is 11.8 Å². The molecule has 114 valence electrons. The molecule has 1 N–H and O–H groups in total. The van der Waals surface area contributed by atoms with Crippen molar-refractivity contribution in [1.29, 1.82) is 0 Å². The molecule has 2 unspecified atom stereocenters. The number of nitro groups is 1. The van der Waals surface area contributed by atoms with Gasteiger partial charge in [0.05, 0.1) is 4.92 Å². The van der Waals surface area contributed by atoms with E-state index in [1.54, 1.807) is 12.1 Å². The molecule has 0 radical (unpaired) electrons. The van der Waals surface area contributed by atoms with Gasteiger partial charge in [0, 0.05) is 42.3 Å². The summed E-state index contributed by atoms with van der Waals surface area (Å²) in [6.45, 7) is 4.98. The van der Waals surface area contributed by atoms with Crippen LogP contribution in [0, 0.1) is 10.1 Å². The van der Waals surface area contributed by atoms with E-state index in [0.717, 1.165) is 12.3 Å². The van der Waals surface area contributed by atoms with E-state index in [0.29, 0.717) is 16.5 Å². The van der Waals surface area contributed by atoms with Gasteiger partial charge in [0.1, 0.15) is 5.69 Å². The number of amides is 1. The van der Waals surface area contributed by atoms with Crippen molar-refractivity contribution in [3.8, 4) is 0 Å². The number of hydrogen-bond donors (Lipinski definition) is 1. The Hall–Kier alpha value is -1.76. The van der Waals surface area contributed by atoms with Crippen molar-refractivity contribution in [3.05, 3.63) is 33.9 Å². The van der Waals surface area contributed by atoms with Gasteiger partial charge in [0.25, 0.3) is 11.6 Å². The summed E-state index contributed by atoms with van der Waals surface area (Å²) in [6.07, 6.45) is 0. The molecule has 1 aromatic rings. The standard InChI is InChI=1S/C14H19N3O3S/c1-9-10(2)21-7-6-16(9)12-5-4-11(14(18)15-3)8-13(12)17(19)20/h4-5,8-10H,6-7H2,1-3H3,(H,15,18). The van der Waals surface area contributed by atoms with Crippen molar-refractivity contribution in [3.63, 3.8) is 0 Å². The van der Waals surface area contributed by atoms with Crippen LogP contribution >= 0.6 is 11.8 Å². The molecule has 1 amide bonds. The van der Waals surface area contributed by atoms with Crippen LogP contribution in [0.3, 0.4) is 0 Å². The zero-order valence-electron chi connectivity index (χ0n) is 12.3. The summed E-state index contributed by atoms with van der Waals surface area (Å²) < 4.78 is 0. The third kappa shape index (κ3) is 3.12. The topological polar surface area (TPSA) is 75.5 Å². The zero-order valence-corrected chi connectivity index (χ0v) is 13.1. The summed E-state index contributed by atoms with van der Waals surface area (Å²) in [4.78, 5) is 24.6. The smallest absolute Gasteiger partial charge is 0.293 e. The maximum absolute atomic E-state index is 11.6. The third-order valence-electron chi connectivity index (χ3n) is 3.85. The van der Waals surface area contributed by atoms with Crippen LogP contribution in [0.15, 0.2) is 18.2 Å². The number of benzene rings is 1. The van der Waals surface area contributed by atoms with Crippen molar-refractivity contribution < 1.29 is 9.72 Å². The molecule has 1 aliphatic rings. The third-order valence-corrected chi connectivity index (χ3v) is 5.19. The minimum absolute atomic E-state index is 0.0120. The second kappa shape index (κ2) is 6.34. The second-order valence-electron chi connectivity index (χ2n) is 5.05. The summed E-state index contributed by atoms with van der Waals surface area (Å²) in [5.74, 6) is 0.625. The highest BCUT2D eigenvalue weighted by Crippen LogP contribution is 2.35. The summed E-state index contributed by atoms with van der Waals surface area (Å²) in [6, 6.07) is 4.89. The molecular formula is C14H19N3O3S. The Bertz CT molecular complexity index is 564. The number of thioether (sulfide) groups is 1. The largest absolute Gasteiger partial charge is 0.361 e. The Kier molecular flexibility index (Phi) is 4.72. The van der Waals surface area contributed by atoms with Crippen LogP contribution in [0.2, 0.25) is 0 Å². The summed E-state index contributed by atoms with van der Waals surface area (Å²) in [7, 11) is 1.51. The van der Waals surface area contributed by atoms with Crippen LogP contribution in [-0.4, -0.2) is 41.5 Å². The Morgan fingerprint density at radius 3 is 2.81 bits per heavy atom. The lowest BCUT2D eigenvalue weighted by Gasteiger charge is -2.38. The molecule has 6 nitrogen and oxygen atoms in total. The van der Waals surface area contributed by atoms with E-state index in [-0.39, 0.29) is 17.6 Å². The fourth-order valence-electron chi connectivity index (χ4n) is 2.47. The quantitative estimate of drug-likeness (QED) is 0.685. The molecule has 0 aliphatic carbocycles. The minimum atomic E-state index is -0.416. The molecule has 2 rings (SSSR count). The SMILES string of the molecule is CNC(=O)c1ccc(N2CCSC(C)C2C)c([N+](=O)[O-])c1. The normalized spacial score (nSPS) is 22.0. The number of nitro benzene ring substituents is 1. The highest BCUT2D eigenvalue weighted by molar-refractivity contribution is 8.00. The van der Waals surface area contributed by atoms with Crippen molar-refractivity contribution in [2.45, 2.75) is 25.1 Å².